The third kappa shape index (κ3) is 2.55. The van der Waals surface area contributed by atoms with E-state index in [1.807, 2.05) is 18.2 Å². The molecule has 5 heteroatoms. The van der Waals surface area contributed by atoms with Gasteiger partial charge in [-0.15, -0.1) is 11.3 Å². The molecule has 100 valence electrons. The zero-order valence-electron chi connectivity index (χ0n) is 10.3. The highest BCUT2D eigenvalue weighted by Gasteiger charge is 2.28. The monoisotopic (exact) mass is 357 g/mol. The van der Waals surface area contributed by atoms with Crippen molar-refractivity contribution in [3.8, 4) is 5.75 Å². The van der Waals surface area contributed by atoms with Crippen molar-refractivity contribution in [2.75, 3.05) is 0 Å². The Morgan fingerprint density at radius 2 is 2.21 bits per heavy atom. The molecule has 1 aliphatic heterocycles. The summed E-state index contributed by atoms with van der Waals surface area (Å²) in [4.78, 5) is 2.47. The summed E-state index contributed by atoms with van der Waals surface area (Å²) in [5.41, 5.74) is 7.24. The number of ether oxygens (including phenoxy) is 1. The van der Waals surface area contributed by atoms with E-state index in [0.717, 1.165) is 22.2 Å². The predicted molar refractivity (Wildman–Crippen MR) is 83.1 cm³/mol. The van der Waals surface area contributed by atoms with Crippen LogP contribution in [-0.4, -0.2) is 0 Å². The maximum atomic E-state index is 6.24. The Morgan fingerprint density at radius 3 is 2.89 bits per heavy atom. The second kappa shape index (κ2) is 5.09. The van der Waals surface area contributed by atoms with E-state index in [9.17, 15) is 0 Å². The van der Waals surface area contributed by atoms with Crippen LogP contribution in [0, 0.1) is 6.92 Å². The Kier molecular flexibility index (Phi) is 3.60. The largest absolute Gasteiger partial charge is 0.484 e. The van der Waals surface area contributed by atoms with Gasteiger partial charge in [0.2, 0.25) is 0 Å². The second-order valence-corrected chi connectivity index (χ2v) is 7.26. The molecule has 2 N–H and O–H groups in total. The van der Waals surface area contributed by atoms with Crippen molar-refractivity contribution in [2.45, 2.75) is 25.5 Å². The third-order valence-electron chi connectivity index (χ3n) is 3.30. The number of hydrogen-bond acceptors (Lipinski definition) is 3. The third-order valence-corrected chi connectivity index (χ3v) is 5.77. The number of halogens is 2. The van der Waals surface area contributed by atoms with Crippen LogP contribution in [0.1, 0.15) is 33.9 Å². The van der Waals surface area contributed by atoms with E-state index in [1.165, 1.54) is 9.75 Å². The van der Waals surface area contributed by atoms with Crippen LogP contribution in [-0.2, 0) is 0 Å². The van der Waals surface area contributed by atoms with Crippen molar-refractivity contribution >= 4 is 38.9 Å². The molecule has 2 aromatic rings. The number of benzene rings is 1. The van der Waals surface area contributed by atoms with Gasteiger partial charge in [-0.05, 0) is 47.1 Å². The highest BCUT2D eigenvalue weighted by atomic mass is 79.9. The van der Waals surface area contributed by atoms with Crippen LogP contribution < -0.4 is 10.5 Å². The zero-order chi connectivity index (χ0) is 13.6. The number of thiophene rings is 1. The zero-order valence-corrected chi connectivity index (χ0v) is 13.5. The lowest BCUT2D eigenvalue weighted by Gasteiger charge is -2.29. The van der Waals surface area contributed by atoms with E-state index in [-0.39, 0.29) is 12.1 Å². The topological polar surface area (TPSA) is 35.2 Å². The van der Waals surface area contributed by atoms with Gasteiger partial charge in [0.05, 0.1) is 0 Å². The molecule has 0 bridgehead atoms. The molecule has 2 nitrogen and oxygen atoms in total. The highest BCUT2D eigenvalue weighted by molar-refractivity contribution is 9.10. The van der Waals surface area contributed by atoms with Gasteiger partial charge in [0.25, 0.3) is 0 Å². The van der Waals surface area contributed by atoms with Crippen LogP contribution in [0.25, 0.3) is 0 Å². The van der Waals surface area contributed by atoms with Gasteiger partial charge in [-0.25, -0.2) is 0 Å². The van der Waals surface area contributed by atoms with Crippen LogP contribution in [0.5, 0.6) is 5.75 Å². The Balaban J connectivity index is 1.94. The molecule has 2 heterocycles. The molecule has 1 aromatic carbocycles. The average Bonchev–Trinajstić information content (AvgIpc) is 2.70. The van der Waals surface area contributed by atoms with Crippen LogP contribution in [0.2, 0.25) is 5.02 Å². The molecular weight excluding hydrogens is 346 g/mol. The normalized spacial score (nSPS) is 21.9. The Bertz CT molecular complexity index is 608. The first-order valence-corrected chi connectivity index (χ1v) is 8.01. The first-order valence-electron chi connectivity index (χ1n) is 6.02. The molecule has 0 saturated heterocycles. The lowest BCUT2D eigenvalue weighted by Crippen LogP contribution is -2.23. The SMILES string of the molecule is Cc1sc(C2C[C@@H](N)c3cc(Cl)ccc3O2)cc1Br. The molecule has 2 atom stereocenters. The molecule has 0 fully saturated rings. The van der Waals surface area contributed by atoms with Crippen molar-refractivity contribution in [1.29, 1.82) is 0 Å². The quantitative estimate of drug-likeness (QED) is 0.779. The van der Waals surface area contributed by atoms with Gasteiger partial charge in [-0.3, -0.25) is 0 Å². The molecule has 3 rings (SSSR count). The fourth-order valence-corrected chi connectivity index (χ4v) is 4.07. The van der Waals surface area contributed by atoms with E-state index in [4.69, 9.17) is 22.1 Å². The Labute approximate surface area is 129 Å². The van der Waals surface area contributed by atoms with E-state index in [1.54, 1.807) is 11.3 Å². The molecule has 19 heavy (non-hydrogen) atoms. The standard InChI is InChI=1S/C14H13BrClNOS/c1-7-10(15)5-14(19-7)13-6-11(17)9-4-8(16)2-3-12(9)18-13/h2-5,11,13H,6,17H2,1H3/t11-,13?/m1/s1. The lowest BCUT2D eigenvalue weighted by atomic mass is 9.96. The summed E-state index contributed by atoms with van der Waals surface area (Å²) in [6.07, 6.45) is 0.804. The first kappa shape index (κ1) is 13.4. The van der Waals surface area contributed by atoms with Gasteiger partial charge in [0, 0.05) is 37.3 Å². The summed E-state index contributed by atoms with van der Waals surface area (Å²) >= 11 is 11.3. The van der Waals surface area contributed by atoms with Crippen LogP contribution in [0.15, 0.2) is 28.7 Å². The summed E-state index contributed by atoms with van der Waals surface area (Å²) in [5.74, 6) is 0.843. The number of hydrogen-bond donors (Lipinski definition) is 1. The summed E-state index contributed by atoms with van der Waals surface area (Å²) in [7, 11) is 0. The number of aryl methyl sites for hydroxylation is 1. The van der Waals surface area contributed by atoms with E-state index < -0.39 is 0 Å². The van der Waals surface area contributed by atoms with Crippen LogP contribution in [0.4, 0.5) is 0 Å². The molecule has 0 amide bonds. The van der Waals surface area contributed by atoms with Gasteiger partial charge in [-0.2, -0.15) is 0 Å². The van der Waals surface area contributed by atoms with Crippen molar-refractivity contribution in [3.05, 3.63) is 49.1 Å². The second-order valence-electron chi connectivity index (χ2n) is 4.68. The molecular formula is C14H13BrClNOS. The molecule has 1 aromatic heterocycles. The van der Waals surface area contributed by atoms with Gasteiger partial charge >= 0.3 is 0 Å². The van der Waals surface area contributed by atoms with Gasteiger partial charge in [0.15, 0.2) is 0 Å². The van der Waals surface area contributed by atoms with Gasteiger partial charge in [-0.1, -0.05) is 11.6 Å². The minimum absolute atomic E-state index is 0.0266. The first-order chi connectivity index (χ1) is 9.04. The van der Waals surface area contributed by atoms with E-state index in [2.05, 4.69) is 28.9 Å². The predicted octanol–water partition coefficient (Wildman–Crippen LogP) is 5.00. The summed E-state index contributed by atoms with van der Waals surface area (Å²) in [5, 5.41) is 0.700. The fraction of sp³-hybridized carbons (Fsp3) is 0.286. The molecule has 1 unspecified atom stereocenters. The lowest BCUT2D eigenvalue weighted by molar-refractivity contribution is 0.165. The Morgan fingerprint density at radius 1 is 1.42 bits per heavy atom. The molecule has 0 spiro atoms. The van der Waals surface area contributed by atoms with Gasteiger partial charge < -0.3 is 10.5 Å². The van der Waals surface area contributed by atoms with Crippen molar-refractivity contribution in [2.24, 2.45) is 5.73 Å². The average molecular weight is 359 g/mol. The summed E-state index contributed by atoms with van der Waals surface area (Å²) in [6.45, 7) is 2.09. The molecule has 0 radical (unpaired) electrons. The van der Waals surface area contributed by atoms with E-state index in [0.29, 0.717) is 5.02 Å². The maximum absolute atomic E-state index is 6.24. The van der Waals surface area contributed by atoms with Crippen molar-refractivity contribution < 1.29 is 4.74 Å². The Hall–Kier alpha value is -0.550. The van der Waals surface area contributed by atoms with Crippen molar-refractivity contribution in [3.63, 3.8) is 0 Å². The molecule has 1 aliphatic rings. The fourth-order valence-electron chi connectivity index (χ4n) is 2.29. The smallest absolute Gasteiger partial charge is 0.135 e. The number of nitrogens with two attached hydrogens (primary N) is 1. The minimum atomic E-state index is -0.0337. The summed E-state index contributed by atoms with van der Waals surface area (Å²) < 4.78 is 7.19. The number of rotatable bonds is 1. The number of fused-ring (bicyclic) bond motifs is 1. The van der Waals surface area contributed by atoms with Crippen LogP contribution in [0.3, 0.4) is 0 Å². The molecule has 0 saturated carbocycles. The van der Waals surface area contributed by atoms with Gasteiger partial charge in [0.1, 0.15) is 11.9 Å². The van der Waals surface area contributed by atoms with E-state index >= 15 is 0 Å². The summed E-state index contributed by atoms with van der Waals surface area (Å²) in [6, 6.07) is 7.73. The highest BCUT2D eigenvalue weighted by Crippen LogP contribution is 2.43. The minimum Gasteiger partial charge on any atom is -0.484 e. The molecule has 0 aliphatic carbocycles. The van der Waals surface area contributed by atoms with Crippen molar-refractivity contribution in [1.82, 2.24) is 0 Å². The maximum Gasteiger partial charge on any atom is 0.135 e. The van der Waals surface area contributed by atoms with Crippen LogP contribution >= 0.6 is 38.9 Å².